The number of hydrogen-bond donors (Lipinski definition) is 3. The quantitative estimate of drug-likeness (QED) is 0.629. The average molecular weight is 259 g/mol. The molecule has 2 heterocycles. The fourth-order valence-corrected chi connectivity index (χ4v) is 1.89. The third-order valence-electron chi connectivity index (χ3n) is 2.03. The Kier molecular flexibility index (Phi) is 6.06. The van der Waals surface area contributed by atoms with Gasteiger partial charge in [0.2, 0.25) is 0 Å². The van der Waals surface area contributed by atoms with Gasteiger partial charge in [0, 0.05) is 38.6 Å². The van der Waals surface area contributed by atoms with E-state index >= 15 is 0 Å². The predicted octanol–water partition coefficient (Wildman–Crippen LogP) is -0.351. The number of nitrogens with zero attached hydrogens (tertiary/aromatic N) is 1. The summed E-state index contributed by atoms with van der Waals surface area (Å²) in [5.74, 6) is -0.374. The van der Waals surface area contributed by atoms with E-state index in [0.717, 1.165) is 26.2 Å². The molecule has 1 aliphatic heterocycles. The lowest BCUT2D eigenvalue weighted by Gasteiger charge is -2.11. The largest absolute Gasteiger partial charge is 0.314 e. The van der Waals surface area contributed by atoms with Crippen LogP contribution in [-0.4, -0.2) is 44.1 Å². The molecule has 0 aliphatic carbocycles. The van der Waals surface area contributed by atoms with Crippen molar-refractivity contribution in [2.45, 2.75) is 5.75 Å². The van der Waals surface area contributed by atoms with Crippen LogP contribution < -0.4 is 10.6 Å². The third-order valence-corrected chi connectivity index (χ3v) is 2.73. The summed E-state index contributed by atoms with van der Waals surface area (Å²) < 4.78 is 29.1. The smallest absolute Gasteiger partial charge is 0.269 e. The predicted molar refractivity (Wildman–Crippen MR) is 65.2 cm³/mol. The zero-order valence-electron chi connectivity index (χ0n) is 9.46. The van der Waals surface area contributed by atoms with Crippen LogP contribution >= 0.6 is 0 Å². The molecule has 0 saturated carbocycles. The number of aromatic nitrogens is 1. The summed E-state index contributed by atoms with van der Waals surface area (Å²) in [7, 11) is -3.92. The van der Waals surface area contributed by atoms with Gasteiger partial charge in [-0.1, -0.05) is 6.07 Å². The molecule has 17 heavy (non-hydrogen) atoms. The minimum atomic E-state index is -3.92. The Balaban J connectivity index is 0.000000202. The van der Waals surface area contributed by atoms with Gasteiger partial charge in [0.05, 0.1) is 0 Å². The molecule has 0 aromatic carbocycles. The topological polar surface area (TPSA) is 91.3 Å². The zero-order valence-corrected chi connectivity index (χ0v) is 10.3. The van der Waals surface area contributed by atoms with E-state index < -0.39 is 10.1 Å². The Morgan fingerprint density at radius 1 is 1.24 bits per heavy atom. The minimum absolute atomic E-state index is 0.374. The van der Waals surface area contributed by atoms with Crippen LogP contribution in [-0.2, 0) is 15.9 Å². The molecular weight excluding hydrogens is 242 g/mol. The van der Waals surface area contributed by atoms with Crippen molar-refractivity contribution in [3.63, 3.8) is 0 Å². The fourth-order valence-electron chi connectivity index (χ4n) is 1.30. The third kappa shape index (κ3) is 7.81. The van der Waals surface area contributed by atoms with Crippen molar-refractivity contribution in [1.82, 2.24) is 15.6 Å². The second-order valence-corrected chi connectivity index (χ2v) is 5.04. The van der Waals surface area contributed by atoms with E-state index in [9.17, 15) is 8.42 Å². The summed E-state index contributed by atoms with van der Waals surface area (Å²) >= 11 is 0. The Morgan fingerprint density at radius 3 is 2.18 bits per heavy atom. The van der Waals surface area contributed by atoms with Crippen molar-refractivity contribution in [1.29, 1.82) is 0 Å². The van der Waals surface area contributed by atoms with Crippen LogP contribution in [0.1, 0.15) is 5.56 Å². The zero-order chi connectivity index (χ0) is 12.6. The van der Waals surface area contributed by atoms with Crippen molar-refractivity contribution < 1.29 is 13.0 Å². The van der Waals surface area contributed by atoms with Gasteiger partial charge in [0.25, 0.3) is 10.1 Å². The summed E-state index contributed by atoms with van der Waals surface area (Å²) in [5.41, 5.74) is 0.481. The number of pyridine rings is 1. The fraction of sp³-hybridized carbons (Fsp3) is 0.500. The molecule has 1 fully saturated rings. The van der Waals surface area contributed by atoms with Crippen LogP contribution in [0, 0.1) is 0 Å². The molecule has 1 aromatic heterocycles. The molecule has 7 heteroatoms. The molecule has 2 rings (SSSR count). The van der Waals surface area contributed by atoms with Crippen molar-refractivity contribution in [3.05, 3.63) is 30.1 Å². The molecule has 0 bridgehead atoms. The highest BCUT2D eigenvalue weighted by Crippen LogP contribution is 2.00. The van der Waals surface area contributed by atoms with Crippen LogP contribution in [0.25, 0.3) is 0 Å². The first kappa shape index (κ1) is 14.0. The van der Waals surface area contributed by atoms with Crippen LogP contribution in [0.3, 0.4) is 0 Å². The van der Waals surface area contributed by atoms with Gasteiger partial charge in [-0.3, -0.25) is 9.54 Å². The lowest BCUT2D eigenvalue weighted by atomic mass is 10.3. The molecule has 0 atom stereocenters. The van der Waals surface area contributed by atoms with E-state index in [1.807, 2.05) is 0 Å². The maximum Gasteiger partial charge on any atom is 0.269 e. The lowest BCUT2D eigenvalue weighted by Crippen LogP contribution is -2.39. The van der Waals surface area contributed by atoms with E-state index in [2.05, 4.69) is 15.6 Å². The molecule has 0 unspecified atom stereocenters. The van der Waals surface area contributed by atoms with Crippen molar-refractivity contribution in [2.24, 2.45) is 0 Å². The van der Waals surface area contributed by atoms with E-state index in [4.69, 9.17) is 4.55 Å². The van der Waals surface area contributed by atoms with Crippen LogP contribution in [0.4, 0.5) is 0 Å². The first-order chi connectivity index (χ1) is 8.08. The molecule has 0 amide bonds. The summed E-state index contributed by atoms with van der Waals surface area (Å²) in [5, 5.41) is 6.44. The van der Waals surface area contributed by atoms with Gasteiger partial charge in [0.15, 0.2) is 0 Å². The lowest BCUT2D eigenvalue weighted by molar-refractivity contribution is 0.482. The van der Waals surface area contributed by atoms with E-state index in [0.29, 0.717) is 5.56 Å². The standard InChI is InChI=1S/C6H7NO3S.C4H10N2/c8-11(9,10)5-6-2-1-3-7-4-6;1-2-6-4-3-5-1/h1-4H,5H2,(H,8,9,10);5-6H,1-4H2. The molecule has 6 nitrogen and oxygen atoms in total. The normalized spacial score (nSPS) is 15.8. The van der Waals surface area contributed by atoms with Gasteiger partial charge in [-0.05, 0) is 11.6 Å². The number of nitrogens with one attached hydrogen (secondary N) is 2. The maximum atomic E-state index is 10.3. The summed E-state index contributed by atoms with van der Waals surface area (Å²) in [6.45, 7) is 4.56. The molecular formula is C10H17N3O3S. The van der Waals surface area contributed by atoms with Gasteiger partial charge in [-0.2, -0.15) is 8.42 Å². The molecule has 1 saturated heterocycles. The van der Waals surface area contributed by atoms with Crippen LogP contribution in [0.2, 0.25) is 0 Å². The average Bonchev–Trinajstić information content (AvgIpc) is 2.31. The van der Waals surface area contributed by atoms with E-state index in [1.165, 1.54) is 12.4 Å². The van der Waals surface area contributed by atoms with Crippen molar-refractivity contribution >= 4 is 10.1 Å². The molecule has 0 radical (unpaired) electrons. The molecule has 1 aliphatic rings. The van der Waals surface area contributed by atoms with E-state index in [-0.39, 0.29) is 5.75 Å². The molecule has 96 valence electrons. The van der Waals surface area contributed by atoms with Crippen LogP contribution in [0.15, 0.2) is 24.5 Å². The monoisotopic (exact) mass is 259 g/mol. The Labute approximate surface area is 101 Å². The maximum absolute atomic E-state index is 10.3. The Morgan fingerprint density at radius 2 is 1.82 bits per heavy atom. The second-order valence-electron chi connectivity index (χ2n) is 3.59. The van der Waals surface area contributed by atoms with E-state index in [1.54, 1.807) is 12.1 Å². The summed E-state index contributed by atoms with van der Waals surface area (Å²) in [6, 6.07) is 3.20. The summed E-state index contributed by atoms with van der Waals surface area (Å²) in [6.07, 6.45) is 2.93. The molecule has 0 spiro atoms. The minimum Gasteiger partial charge on any atom is -0.314 e. The molecule has 1 aromatic rings. The first-order valence-electron chi connectivity index (χ1n) is 5.33. The van der Waals surface area contributed by atoms with Crippen molar-refractivity contribution in [2.75, 3.05) is 26.2 Å². The SMILES string of the molecule is C1CNCCN1.O=S(=O)(O)Cc1cccnc1. The number of rotatable bonds is 2. The Hall–Kier alpha value is -1.02. The number of piperazine rings is 1. The van der Waals surface area contributed by atoms with Gasteiger partial charge in [-0.15, -0.1) is 0 Å². The van der Waals surface area contributed by atoms with Gasteiger partial charge >= 0.3 is 0 Å². The van der Waals surface area contributed by atoms with Gasteiger partial charge < -0.3 is 10.6 Å². The second kappa shape index (κ2) is 7.33. The first-order valence-corrected chi connectivity index (χ1v) is 6.94. The Bertz CT molecular complexity index is 393. The van der Waals surface area contributed by atoms with Gasteiger partial charge in [-0.25, -0.2) is 0 Å². The van der Waals surface area contributed by atoms with Gasteiger partial charge in [0.1, 0.15) is 5.75 Å². The molecule has 3 N–H and O–H groups in total. The highest BCUT2D eigenvalue weighted by atomic mass is 32.2. The highest BCUT2D eigenvalue weighted by Gasteiger charge is 2.04. The van der Waals surface area contributed by atoms with Crippen molar-refractivity contribution in [3.8, 4) is 0 Å². The highest BCUT2D eigenvalue weighted by molar-refractivity contribution is 7.85. The van der Waals surface area contributed by atoms with Crippen LogP contribution in [0.5, 0.6) is 0 Å². The number of hydrogen-bond acceptors (Lipinski definition) is 5. The summed E-state index contributed by atoms with van der Waals surface area (Å²) in [4.78, 5) is 3.69.